The summed E-state index contributed by atoms with van der Waals surface area (Å²) in [5.74, 6) is 2.23. The van der Waals surface area contributed by atoms with E-state index in [0.29, 0.717) is 30.4 Å². The molecule has 1 heterocycles. The van der Waals surface area contributed by atoms with E-state index in [2.05, 4.69) is 10.1 Å². The van der Waals surface area contributed by atoms with E-state index in [1.54, 1.807) is 0 Å². The summed E-state index contributed by atoms with van der Waals surface area (Å²) < 4.78 is 4.96. The van der Waals surface area contributed by atoms with Crippen molar-refractivity contribution < 1.29 is 9.32 Å². The number of carbonyl (C=O) groups is 1. The first-order valence-electron chi connectivity index (χ1n) is 4.61. The molecule has 1 aromatic heterocycles. The molecule has 1 fully saturated rings. The average Bonchev–Trinajstić information content (AvgIpc) is 2.50. The van der Waals surface area contributed by atoms with Crippen LogP contribution in [0.2, 0.25) is 0 Å². The Labute approximate surface area is 76.3 Å². The Hall–Kier alpha value is -1.19. The van der Waals surface area contributed by atoms with E-state index in [4.69, 9.17) is 4.52 Å². The number of aromatic nitrogens is 2. The maximum atomic E-state index is 10.7. The molecule has 1 aliphatic carbocycles. The van der Waals surface area contributed by atoms with Crippen LogP contribution in [0, 0.1) is 5.92 Å². The zero-order valence-corrected chi connectivity index (χ0v) is 7.62. The van der Waals surface area contributed by atoms with Crippen LogP contribution in [0.25, 0.3) is 0 Å². The SMILES string of the molecule is CCc1nc(CC2CC(=O)C2)no1. The maximum absolute atomic E-state index is 10.7. The summed E-state index contributed by atoms with van der Waals surface area (Å²) in [7, 11) is 0. The molecule has 1 aromatic rings. The lowest BCUT2D eigenvalue weighted by Gasteiger charge is -2.21. The van der Waals surface area contributed by atoms with E-state index in [1.807, 2.05) is 6.92 Å². The normalized spacial score (nSPS) is 17.5. The molecular weight excluding hydrogens is 168 g/mol. The van der Waals surface area contributed by atoms with Gasteiger partial charge < -0.3 is 4.52 Å². The molecular formula is C9H12N2O2. The van der Waals surface area contributed by atoms with Crippen molar-refractivity contribution in [2.24, 2.45) is 5.92 Å². The minimum atomic E-state index is 0.351. The third-order valence-electron chi connectivity index (χ3n) is 2.32. The summed E-state index contributed by atoms with van der Waals surface area (Å²) in [5.41, 5.74) is 0. The zero-order chi connectivity index (χ0) is 9.26. The Morgan fingerprint density at radius 2 is 2.31 bits per heavy atom. The van der Waals surface area contributed by atoms with Crippen LogP contribution < -0.4 is 0 Å². The van der Waals surface area contributed by atoms with E-state index >= 15 is 0 Å². The lowest BCUT2D eigenvalue weighted by molar-refractivity contribution is -0.126. The van der Waals surface area contributed by atoms with Crippen molar-refractivity contribution >= 4 is 5.78 Å². The van der Waals surface area contributed by atoms with Gasteiger partial charge in [-0.05, 0) is 5.92 Å². The highest BCUT2D eigenvalue weighted by molar-refractivity contribution is 5.84. The van der Waals surface area contributed by atoms with Crippen LogP contribution in [0.15, 0.2) is 4.52 Å². The Kier molecular flexibility index (Phi) is 2.12. The predicted molar refractivity (Wildman–Crippen MR) is 45.1 cm³/mol. The predicted octanol–water partition coefficient (Wildman–Crippen LogP) is 1.15. The molecule has 4 heteroatoms. The first kappa shape index (κ1) is 8.41. The molecule has 1 aliphatic rings. The van der Waals surface area contributed by atoms with Crippen molar-refractivity contribution in [1.82, 2.24) is 10.1 Å². The molecule has 0 amide bonds. The Morgan fingerprint density at radius 3 is 2.85 bits per heavy atom. The Bertz CT molecular complexity index is 311. The zero-order valence-electron chi connectivity index (χ0n) is 7.62. The molecule has 0 radical (unpaired) electrons. The number of nitrogens with zero attached hydrogens (tertiary/aromatic N) is 2. The summed E-state index contributed by atoms with van der Waals surface area (Å²) in [6.07, 6.45) is 2.94. The highest BCUT2D eigenvalue weighted by Gasteiger charge is 2.27. The number of hydrogen-bond donors (Lipinski definition) is 0. The monoisotopic (exact) mass is 180 g/mol. The van der Waals surface area contributed by atoms with Crippen LogP contribution in [0.5, 0.6) is 0 Å². The van der Waals surface area contributed by atoms with Gasteiger partial charge in [-0.3, -0.25) is 4.79 Å². The number of rotatable bonds is 3. The third-order valence-corrected chi connectivity index (χ3v) is 2.32. The second kappa shape index (κ2) is 3.28. The van der Waals surface area contributed by atoms with Crippen molar-refractivity contribution in [1.29, 1.82) is 0 Å². The first-order chi connectivity index (χ1) is 6.28. The van der Waals surface area contributed by atoms with Gasteiger partial charge in [-0.15, -0.1) is 0 Å². The average molecular weight is 180 g/mol. The standard InChI is InChI=1S/C9H12N2O2/c1-2-9-10-8(11-13-9)5-6-3-7(12)4-6/h6H,2-5H2,1H3. The van der Waals surface area contributed by atoms with Gasteiger partial charge in [0.15, 0.2) is 5.82 Å². The molecule has 0 N–H and O–H groups in total. The molecule has 0 aliphatic heterocycles. The van der Waals surface area contributed by atoms with E-state index in [9.17, 15) is 4.79 Å². The van der Waals surface area contributed by atoms with Gasteiger partial charge in [0, 0.05) is 25.7 Å². The van der Waals surface area contributed by atoms with Crippen molar-refractivity contribution in [3.05, 3.63) is 11.7 Å². The lowest BCUT2D eigenvalue weighted by atomic mass is 9.81. The summed E-state index contributed by atoms with van der Waals surface area (Å²) in [6, 6.07) is 0. The summed E-state index contributed by atoms with van der Waals surface area (Å²) in [4.78, 5) is 14.9. The van der Waals surface area contributed by atoms with Crippen molar-refractivity contribution in [3.63, 3.8) is 0 Å². The van der Waals surface area contributed by atoms with E-state index in [1.165, 1.54) is 0 Å². The maximum Gasteiger partial charge on any atom is 0.226 e. The summed E-state index contributed by atoms with van der Waals surface area (Å²) in [6.45, 7) is 1.98. The van der Waals surface area contributed by atoms with Gasteiger partial charge in [-0.25, -0.2) is 0 Å². The molecule has 4 nitrogen and oxygen atoms in total. The number of carbonyl (C=O) groups excluding carboxylic acids is 1. The minimum absolute atomic E-state index is 0.351. The number of aryl methyl sites for hydroxylation is 1. The van der Waals surface area contributed by atoms with Crippen LogP contribution in [0.4, 0.5) is 0 Å². The second-order valence-corrected chi connectivity index (χ2v) is 3.47. The van der Waals surface area contributed by atoms with Crippen LogP contribution >= 0.6 is 0 Å². The molecule has 0 atom stereocenters. The number of ketones is 1. The number of Topliss-reactive ketones (excluding diaryl/α,β-unsaturated/α-hetero) is 1. The van der Waals surface area contributed by atoms with Gasteiger partial charge in [0.1, 0.15) is 5.78 Å². The van der Waals surface area contributed by atoms with Gasteiger partial charge in [0.25, 0.3) is 0 Å². The van der Waals surface area contributed by atoms with Gasteiger partial charge in [0.05, 0.1) is 0 Å². The topological polar surface area (TPSA) is 56.0 Å². The first-order valence-corrected chi connectivity index (χ1v) is 4.61. The van der Waals surface area contributed by atoms with Gasteiger partial charge in [-0.1, -0.05) is 12.1 Å². The summed E-state index contributed by atoms with van der Waals surface area (Å²) in [5, 5.41) is 3.84. The molecule has 0 saturated heterocycles. The molecule has 0 aromatic carbocycles. The minimum Gasteiger partial charge on any atom is -0.339 e. The second-order valence-electron chi connectivity index (χ2n) is 3.47. The molecule has 70 valence electrons. The lowest BCUT2D eigenvalue weighted by Crippen LogP contribution is -2.25. The van der Waals surface area contributed by atoms with Crippen LogP contribution in [0.1, 0.15) is 31.5 Å². The van der Waals surface area contributed by atoms with Crippen LogP contribution in [-0.4, -0.2) is 15.9 Å². The van der Waals surface area contributed by atoms with E-state index < -0.39 is 0 Å². The van der Waals surface area contributed by atoms with Gasteiger partial charge in [-0.2, -0.15) is 4.98 Å². The van der Waals surface area contributed by atoms with Gasteiger partial charge in [0.2, 0.25) is 5.89 Å². The molecule has 2 rings (SSSR count). The number of hydrogen-bond acceptors (Lipinski definition) is 4. The van der Waals surface area contributed by atoms with Crippen molar-refractivity contribution in [2.75, 3.05) is 0 Å². The highest BCUT2D eigenvalue weighted by Crippen LogP contribution is 2.25. The fraction of sp³-hybridized carbons (Fsp3) is 0.667. The quantitative estimate of drug-likeness (QED) is 0.700. The van der Waals surface area contributed by atoms with Crippen LogP contribution in [0.3, 0.4) is 0 Å². The third kappa shape index (κ3) is 1.76. The van der Waals surface area contributed by atoms with Crippen LogP contribution in [-0.2, 0) is 17.6 Å². The van der Waals surface area contributed by atoms with E-state index in [-0.39, 0.29) is 0 Å². The smallest absolute Gasteiger partial charge is 0.226 e. The van der Waals surface area contributed by atoms with Crippen molar-refractivity contribution in [3.8, 4) is 0 Å². The Balaban J connectivity index is 1.90. The molecule has 0 unspecified atom stereocenters. The highest BCUT2D eigenvalue weighted by atomic mass is 16.5. The molecule has 0 spiro atoms. The molecule has 13 heavy (non-hydrogen) atoms. The molecule has 1 saturated carbocycles. The fourth-order valence-corrected chi connectivity index (χ4v) is 1.50. The summed E-state index contributed by atoms with van der Waals surface area (Å²) >= 11 is 0. The fourth-order valence-electron chi connectivity index (χ4n) is 1.50. The largest absolute Gasteiger partial charge is 0.339 e. The molecule has 0 bridgehead atoms. The van der Waals surface area contributed by atoms with E-state index in [0.717, 1.165) is 18.7 Å². The van der Waals surface area contributed by atoms with Crippen molar-refractivity contribution in [2.45, 2.75) is 32.6 Å². The van der Waals surface area contributed by atoms with Gasteiger partial charge >= 0.3 is 0 Å². The Morgan fingerprint density at radius 1 is 1.54 bits per heavy atom.